The topological polar surface area (TPSA) is 78.6 Å². The summed E-state index contributed by atoms with van der Waals surface area (Å²) in [4.78, 5) is 4.08. The maximum absolute atomic E-state index is 12.3. The van der Waals surface area contributed by atoms with Gasteiger partial charge in [0.05, 0.1) is 7.11 Å². The fourth-order valence-corrected chi connectivity index (χ4v) is 3.08. The van der Waals surface area contributed by atoms with Crippen molar-refractivity contribution < 1.29 is 21.8 Å². The molecule has 1 aromatic heterocycles. The van der Waals surface area contributed by atoms with Crippen LogP contribution in [0.15, 0.2) is 51.8 Å². The molecule has 0 spiro atoms. The van der Waals surface area contributed by atoms with Gasteiger partial charge in [-0.05, 0) is 30.7 Å². The van der Waals surface area contributed by atoms with Gasteiger partial charge in [0, 0.05) is 6.07 Å². The first-order chi connectivity index (χ1) is 10.5. The summed E-state index contributed by atoms with van der Waals surface area (Å²) in [6.07, 6.45) is -0.327. The van der Waals surface area contributed by atoms with Crippen LogP contribution in [0.1, 0.15) is 5.56 Å². The standard InChI is InChI=1S/C15H13NO5S/c1-10-5-3-4-6-14(10)22(17,18)21-15-16-12-8-7-11(19-2)9-13(12)20-15/h3-9H,1-2H3. The molecule has 0 amide bonds. The molecule has 114 valence electrons. The molecule has 0 bridgehead atoms. The monoisotopic (exact) mass is 319 g/mol. The van der Waals surface area contributed by atoms with Crippen LogP contribution in [0.4, 0.5) is 0 Å². The summed E-state index contributed by atoms with van der Waals surface area (Å²) < 4.78 is 39.9. The van der Waals surface area contributed by atoms with E-state index in [0.717, 1.165) is 0 Å². The Morgan fingerprint density at radius 3 is 2.64 bits per heavy atom. The molecule has 0 aliphatic carbocycles. The van der Waals surface area contributed by atoms with Gasteiger partial charge in [-0.3, -0.25) is 0 Å². The van der Waals surface area contributed by atoms with Gasteiger partial charge < -0.3 is 13.3 Å². The van der Waals surface area contributed by atoms with E-state index in [2.05, 4.69) is 4.98 Å². The molecule has 0 fully saturated rings. The van der Waals surface area contributed by atoms with E-state index in [-0.39, 0.29) is 11.0 Å². The van der Waals surface area contributed by atoms with Crippen LogP contribution in [0.25, 0.3) is 11.1 Å². The molecule has 0 unspecified atom stereocenters. The van der Waals surface area contributed by atoms with Crippen molar-refractivity contribution in [3.05, 3.63) is 48.0 Å². The molecular formula is C15H13NO5S. The van der Waals surface area contributed by atoms with Gasteiger partial charge in [0.1, 0.15) is 16.2 Å². The van der Waals surface area contributed by atoms with Crippen LogP contribution in [0.3, 0.4) is 0 Å². The molecule has 1 heterocycles. The summed E-state index contributed by atoms with van der Waals surface area (Å²) in [5.41, 5.74) is 1.45. The van der Waals surface area contributed by atoms with Crippen molar-refractivity contribution in [2.45, 2.75) is 11.8 Å². The summed E-state index contributed by atoms with van der Waals surface area (Å²) in [5, 5.41) is 0. The predicted octanol–water partition coefficient (Wildman–Crippen LogP) is 2.91. The van der Waals surface area contributed by atoms with Crippen molar-refractivity contribution in [3.8, 4) is 11.8 Å². The third kappa shape index (κ3) is 2.62. The molecule has 22 heavy (non-hydrogen) atoms. The third-order valence-electron chi connectivity index (χ3n) is 3.12. The molecule has 0 aliphatic heterocycles. The van der Waals surface area contributed by atoms with Gasteiger partial charge in [0.2, 0.25) is 0 Å². The number of hydrogen-bond donors (Lipinski definition) is 0. The lowest BCUT2D eigenvalue weighted by Gasteiger charge is -2.05. The number of aromatic nitrogens is 1. The number of ether oxygens (including phenoxy) is 1. The number of nitrogens with zero attached hydrogens (tertiary/aromatic N) is 1. The summed E-state index contributed by atoms with van der Waals surface area (Å²) >= 11 is 0. The number of oxazole rings is 1. The van der Waals surface area contributed by atoms with E-state index in [1.54, 1.807) is 43.3 Å². The molecule has 0 saturated heterocycles. The lowest BCUT2D eigenvalue weighted by molar-refractivity contribution is 0.380. The van der Waals surface area contributed by atoms with E-state index in [1.807, 2.05) is 0 Å². The zero-order chi connectivity index (χ0) is 15.7. The number of rotatable bonds is 4. The Kier molecular flexibility index (Phi) is 3.50. The van der Waals surface area contributed by atoms with Crippen LogP contribution in [-0.2, 0) is 10.1 Å². The molecule has 6 nitrogen and oxygen atoms in total. The van der Waals surface area contributed by atoms with Crippen molar-refractivity contribution in [1.29, 1.82) is 0 Å². The fourth-order valence-electron chi connectivity index (χ4n) is 2.02. The Morgan fingerprint density at radius 1 is 1.14 bits per heavy atom. The normalized spacial score (nSPS) is 11.5. The number of aryl methyl sites for hydroxylation is 1. The number of hydrogen-bond acceptors (Lipinski definition) is 6. The zero-order valence-electron chi connectivity index (χ0n) is 11.9. The highest BCUT2D eigenvalue weighted by atomic mass is 32.2. The molecule has 0 N–H and O–H groups in total. The van der Waals surface area contributed by atoms with Gasteiger partial charge >= 0.3 is 16.2 Å². The summed E-state index contributed by atoms with van der Waals surface area (Å²) in [5.74, 6) is 0.581. The van der Waals surface area contributed by atoms with E-state index in [9.17, 15) is 8.42 Å². The maximum Gasteiger partial charge on any atom is 0.411 e. The number of benzene rings is 2. The highest BCUT2D eigenvalue weighted by Gasteiger charge is 2.22. The summed E-state index contributed by atoms with van der Waals surface area (Å²) in [6.45, 7) is 1.69. The van der Waals surface area contributed by atoms with Gasteiger partial charge in [0.25, 0.3) is 0 Å². The second-order valence-electron chi connectivity index (χ2n) is 4.62. The molecule has 0 radical (unpaired) electrons. The Hall–Kier alpha value is -2.54. The first-order valence-electron chi connectivity index (χ1n) is 6.44. The average molecular weight is 319 g/mol. The Bertz CT molecular complexity index is 930. The van der Waals surface area contributed by atoms with Crippen LogP contribution < -0.4 is 8.92 Å². The Labute approximate surface area is 127 Å². The SMILES string of the molecule is COc1ccc2nc(OS(=O)(=O)c3ccccc3C)oc2c1. The van der Waals surface area contributed by atoms with E-state index in [4.69, 9.17) is 13.3 Å². The van der Waals surface area contributed by atoms with Gasteiger partial charge in [-0.15, -0.1) is 0 Å². The van der Waals surface area contributed by atoms with Crippen LogP contribution >= 0.6 is 0 Å². The minimum Gasteiger partial charge on any atom is -0.497 e. The second-order valence-corrected chi connectivity index (χ2v) is 6.13. The lowest BCUT2D eigenvalue weighted by atomic mass is 10.2. The molecule has 0 saturated carbocycles. The van der Waals surface area contributed by atoms with Gasteiger partial charge in [-0.2, -0.15) is 13.4 Å². The average Bonchev–Trinajstić information content (AvgIpc) is 2.87. The molecule has 2 aromatic carbocycles. The van der Waals surface area contributed by atoms with E-state index in [1.165, 1.54) is 13.2 Å². The van der Waals surface area contributed by atoms with Crippen LogP contribution in [0, 0.1) is 6.92 Å². The quantitative estimate of drug-likeness (QED) is 0.688. The van der Waals surface area contributed by atoms with Crippen LogP contribution in [0.5, 0.6) is 11.8 Å². The van der Waals surface area contributed by atoms with Crippen molar-refractivity contribution >= 4 is 21.2 Å². The molecular weight excluding hydrogens is 306 g/mol. The molecule has 3 rings (SSSR count). The van der Waals surface area contributed by atoms with E-state index >= 15 is 0 Å². The lowest BCUT2D eigenvalue weighted by Crippen LogP contribution is -2.11. The first kappa shape index (κ1) is 14.4. The van der Waals surface area contributed by atoms with Crippen molar-refractivity contribution in [2.24, 2.45) is 0 Å². The minimum absolute atomic E-state index is 0.0786. The van der Waals surface area contributed by atoms with Crippen molar-refractivity contribution in [1.82, 2.24) is 4.98 Å². The van der Waals surface area contributed by atoms with E-state index in [0.29, 0.717) is 22.4 Å². The highest BCUT2D eigenvalue weighted by Crippen LogP contribution is 2.27. The highest BCUT2D eigenvalue weighted by molar-refractivity contribution is 7.87. The smallest absolute Gasteiger partial charge is 0.411 e. The molecule has 3 aromatic rings. The van der Waals surface area contributed by atoms with Gasteiger partial charge in [-0.1, -0.05) is 18.2 Å². The number of methoxy groups -OCH3 is 1. The molecule has 7 heteroatoms. The third-order valence-corrected chi connectivity index (χ3v) is 4.48. The predicted molar refractivity (Wildman–Crippen MR) is 79.6 cm³/mol. The number of fused-ring (bicyclic) bond motifs is 1. The molecule has 0 aliphatic rings. The van der Waals surface area contributed by atoms with Crippen molar-refractivity contribution in [2.75, 3.05) is 7.11 Å². The fraction of sp³-hybridized carbons (Fsp3) is 0.133. The second kappa shape index (κ2) is 5.34. The van der Waals surface area contributed by atoms with Gasteiger partial charge in [0.15, 0.2) is 5.58 Å². The van der Waals surface area contributed by atoms with Crippen LogP contribution in [-0.4, -0.2) is 20.5 Å². The summed E-state index contributed by atoms with van der Waals surface area (Å²) in [7, 11) is -2.47. The van der Waals surface area contributed by atoms with Crippen LogP contribution in [0.2, 0.25) is 0 Å². The largest absolute Gasteiger partial charge is 0.497 e. The summed E-state index contributed by atoms with van der Waals surface area (Å²) in [6, 6.07) is 11.5. The minimum atomic E-state index is -3.99. The van der Waals surface area contributed by atoms with Crippen molar-refractivity contribution in [3.63, 3.8) is 0 Å². The van der Waals surface area contributed by atoms with E-state index < -0.39 is 10.1 Å². The zero-order valence-corrected chi connectivity index (χ0v) is 12.8. The maximum atomic E-state index is 12.3. The molecule has 0 atom stereocenters. The Balaban J connectivity index is 1.97. The first-order valence-corrected chi connectivity index (χ1v) is 7.85. The Morgan fingerprint density at radius 2 is 1.91 bits per heavy atom. The van der Waals surface area contributed by atoms with Gasteiger partial charge in [-0.25, -0.2) is 0 Å².